The number of likely N-dealkylation sites (tertiary alicyclic amines) is 1. The number of carboxylic acid groups (broad SMARTS) is 3. The van der Waals surface area contributed by atoms with E-state index in [1.165, 1.54) is 26.5 Å². The molecule has 34 heavy (non-hydrogen) atoms. The maximum Gasteiger partial charge on any atom is 0.414 e. The summed E-state index contributed by atoms with van der Waals surface area (Å²) in [6.45, 7) is 5.14. The van der Waals surface area contributed by atoms with Crippen LogP contribution in [0.4, 0.5) is 0 Å². The van der Waals surface area contributed by atoms with Crippen molar-refractivity contribution in [1.82, 2.24) is 4.90 Å². The van der Waals surface area contributed by atoms with Crippen LogP contribution in [0.5, 0.6) is 0 Å². The van der Waals surface area contributed by atoms with Crippen LogP contribution in [-0.4, -0.2) is 64.4 Å². The molecule has 0 aliphatic carbocycles. The van der Waals surface area contributed by atoms with Crippen molar-refractivity contribution in [1.29, 1.82) is 0 Å². The lowest BCUT2D eigenvalue weighted by molar-refractivity contribution is -0.159. The fraction of sp³-hybridized carbons (Fsp3) is 0.400. The number of hydrogen-bond acceptors (Lipinski definition) is 6. The van der Waals surface area contributed by atoms with Gasteiger partial charge in [-0.05, 0) is 49.6 Å². The Hall–Kier alpha value is -2.88. The van der Waals surface area contributed by atoms with Crippen LogP contribution in [0.2, 0.25) is 0 Å². The number of benzene rings is 2. The minimum Gasteiger partial charge on any atom is -0.481 e. The van der Waals surface area contributed by atoms with Gasteiger partial charge in [0, 0.05) is 29.3 Å². The van der Waals surface area contributed by atoms with Crippen molar-refractivity contribution in [3.8, 4) is 0 Å². The SMILES string of the molecule is Cc1ccc2c(c1)CC(OCCN1CCCC(C(=O)O)C1)c1ccccc1S2.O=C(O)C(=O)O. The molecule has 0 radical (unpaired) electrons. The first-order valence-electron chi connectivity index (χ1n) is 11.1. The molecule has 2 unspecified atom stereocenters. The van der Waals surface area contributed by atoms with Gasteiger partial charge >= 0.3 is 17.9 Å². The van der Waals surface area contributed by atoms with E-state index in [0.29, 0.717) is 13.2 Å². The Balaban J connectivity index is 0.000000481. The summed E-state index contributed by atoms with van der Waals surface area (Å²) in [5.41, 5.74) is 3.87. The van der Waals surface area contributed by atoms with Crippen molar-refractivity contribution in [3.05, 3.63) is 59.2 Å². The van der Waals surface area contributed by atoms with Gasteiger partial charge in [0.1, 0.15) is 0 Å². The van der Waals surface area contributed by atoms with Crippen molar-refractivity contribution < 1.29 is 34.4 Å². The molecule has 2 heterocycles. The second kappa shape index (κ2) is 12.0. The summed E-state index contributed by atoms with van der Waals surface area (Å²) >= 11 is 1.83. The molecular formula is C25H29NO7S. The molecule has 2 atom stereocenters. The number of fused-ring (bicyclic) bond motifs is 2. The van der Waals surface area contributed by atoms with Crippen LogP contribution in [0.15, 0.2) is 52.3 Å². The van der Waals surface area contributed by atoms with Crippen molar-refractivity contribution in [2.45, 2.75) is 42.1 Å². The molecule has 4 rings (SSSR count). The number of nitrogens with zero attached hydrogens (tertiary/aromatic N) is 1. The smallest absolute Gasteiger partial charge is 0.414 e. The normalized spacial score (nSPS) is 19.6. The number of piperidine rings is 1. The van der Waals surface area contributed by atoms with E-state index in [9.17, 15) is 9.90 Å². The quantitative estimate of drug-likeness (QED) is 0.541. The number of aryl methyl sites for hydroxylation is 1. The zero-order valence-corrected chi connectivity index (χ0v) is 19.8. The largest absolute Gasteiger partial charge is 0.481 e. The maximum atomic E-state index is 11.3. The lowest BCUT2D eigenvalue weighted by atomic mass is 9.98. The van der Waals surface area contributed by atoms with Crippen LogP contribution in [0.1, 0.15) is 35.6 Å². The Labute approximate surface area is 202 Å². The minimum atomic E-state index is -1.82. The fourth-order valence-electron chi connectivity index (χ4n) is 4.17. The number of carbonyl (C=O) groups is 3. The van der Waals surface area contributed by atoms with Crippen LogP contribution in [0.25, 0.3) is 0 Å². The number of aliphatic carboxylic acids is 3. The fourth-order valence-corrected chi connectivity index (χ4v) is 5.28. The van der Waals surface area contributed by atoms with E-state index in [4.69, 9.17) is 24.5 Å². The molecule has 0 spiro atoms. The first-order chi connectivity index (χ1) is 16.2. The van der Waals surface area contributed by atoms with Gasteiger partial charge in [0.15, 0.2) is 0 Å². The predicted molar refractivity (Wildman–Crippen MR) is 126 cm³/mol. The molecular weight excluding hydrogens is 458 g/mol. The molecule has 8 nitrogen and oxygen atoms in total. The van der Waals surface area contributed by atoms with Gasteiger partial charge in [0.25, 0.3) is 0 Å². The number of ether oxygens (including phenoxy) is 1. The topological polar surface area (TPSA) is 124 Å². The maximum absolute atomic E-state index is 11.3. The molecule has 9 heteroatoms. The zero-order valence-electron chi connectivity index (χ0n) is 19.0. The highest BCUT2D eigenvalue weighted by Crippen LogP contribution is 2.42. The summed E-state index contributed by atoms with van der Waals surface area (Å²) in [7, 11) is 0. The molecule has 2 aromatic carbocycles. The second-order valence-electron chi connectivity index (χ2n) is 8.40. The van der Waals surface area contributed by atoms with E-state index in [0.717, 1.165) is 32.4 Å². The monoisotopic (exact) mass is 487 g/mol. The average Bonchev–Trinajstić information content (AvgIpc) is 2.96. The lowest BCUT2D eigenvalue weighted by Crippen LogP contribution is -2.40. The number of rotatable bonds is 5. The standard InChI is InChI=1S/C23H27NO3S.C2H2O4/c1-16-8-9-21-18(13-16)14-20(19-6-2-3-7-22(19)28-21)27-12-11-24-10-4-5-17(15-24)23(25)26;3-1(4)2(5)6/h2-3,6-9,13,17,20H,4-5,10-12,14-15H2,1H3,(H,25,26);(H,3,4)(H,5,6). The highest BCUT2D eigenvalue weighted by molar-refractivity contribution is 7.99. The van der Waals surface area contributed by atoms with E-state index in [1.54, 1.807) is 0 Å². The zero-order chi connectivity index (χ0) is 24.7. The molecule has 1 fully saturated rings. The highest BCUT2D eigenvalue weighted by Gasteiger charge is 2.26. The molecule has 1 saturated heterocycles. The Morgan fingerprint density at radius 2 is 1.79 bits per heavy atom. The summed E-state index contributed by atoms with van der Waals surface area (Å²) in [5, 5.41) is 24.1. The van der Waals surface area contributed by atoms with Gasteiger partial charge in [-0.15, -0.1) is 0 Å². The van der Waals surface area contributed by atoms with Gasteiger partial charge in [0.2, 0.25) is 0 Å². The first kappa shape index (κ1) is 25.7. The third kappa shape index (κ3) is 7.06. The van der Waals surface area contributed by atoms with Gasteiger partial charge < -0.3 is 25.0 Å². The van der Waals surface area contributed by atoms with Crippen molar-refractivity contribution in [2.24, 2.45) is 5.92 Å². The van der Waals surface area contributed by atoms with Crippen molar-refractivity contribution in [3.63, 3.8) is 0 Å². The Bertz CT molecular complexity index is 1030. The van der Waals surface area contributed by atoms with Crippen LogP contribution in [0.3, 0.4) is 0 Å². The third-order valence-corrected chi connectivity index (χ3v) is 7.08. The molecule has 0 amide bonds. The van der Waals surface area contributed by atoms with E-state index >= 15 is 0 Å². The number of carboxylic acids is 3. The van der Waals surface area contributed by atoms with Crippen LogP contribution in [-0.2, 0) is 25.5 Å². The summed E-state index contributed by atoms with van der Waals surface area (Å²) < 4.78 is 6.38. The van der Waals surface area contributed by atoms with Crippen molar-refractivity contribution >= 4 is 29.7 Å². The van der Waals surface area contributed by atoms with E-state index in [1.807, 2.05) is 11.8 Å². The Kier molecular flexibility index (Phi) is 9.09. The highest BCUT2D eigenvalue weighted by atomic mass is 32.2. The Morgan fingerprint density at radius 3 is 2.50 bits per heavy atom. The van der Waals surface area contributed by atoms with Gasteiger partial charge in [-0.1, -0.05) is 47.7 Å². The van der Waals surface area contributed by atoms with Gasteiger partial charge in [-0.2, -0.15) is 0 Å². The number of hydrogen-bond donors (Lipinski definition) is 3. The molecule has 2 aliphatic rings. The Morgan fingerprint density at radius 1 is 1.06 bits per heavy atom. The summed E-state index contributed by atoms with van der Waals surface area (Å²) in [4.78, 5) is 34.3. The first-order valence-corrected chi connectivity index (χ1v) is 12.0. The van der Waals surface area contributed by atoms with E-state index in [2.05, 4.69) is 54.3 Å². The summed E-state index contributed by atoms with van der Waals surface area (Å²) in [5.74, 6) is -4.56. The van der Waals surface area contributed by atoms with Crippen LogP contribution < -0.4 is 0 Å². The predicted octanol–water partition coefficient (Wildman–Crippen LogP) is 3.71. The van der Waals surface area contributed by atoms with Crippen LogP contribution in [0, 0.1) is 12.8 Å². The molecule has 0 saturated carbocycles. The van der Waals surface area contributed by atoms with Gasteiger partial charge in [0.05, 0.1) is 18.6 Å². The van der Waals surface area contributed by atoms with Gasteiger partial charge in [-0.3, -0.25) is 4.79 Å². The van der Waals surface area contributed by atoms with Gasteiger partial charge in [-0.25, -0.2) is 9.59 Å². The molecule has 3 N–H and O–H groups in total. The summed E-state index contributed by atoms with van der Waals surface area (Å²) in [6.07, 6.45) is 2.65. The van der Waals surface area contributed by atoms with E-state index < -0.39 is 17.9 Å². The van der Waals surface area contributed by atoms with Crippen LogP contribution >= 0.6 is 11.8 Å². The molecule has 182 valence electrons. The summed E-state index contributed by atoms with van der Waals surface area (Å²) in [6, 6.07) is 15.2. The van der Waals surface area contributed by atoms with Crippen molar-refractivity contribution in [2.75, 3.05) is 26.2 Å². The second-order valence-corrected chi connectivity index (χ2v) is 9.49. The third-order valence-electron chi connectivity index (χ3n) is 5.87. The molecule has 0 bridgehead atoms. The van der Waals surface area contributed by atoms with E-state index in [-0.39, 0.29) is 12.0 Å². The average molecular weight is 488 g/mol. The lowest BCUT2D eigenvalue weighted by Gasteiger charge is -2.31. The molecule has 2 aromatic rings. The minimum absolute atomic E-state index is 0.0341. The molecule has 2 aliphatic heterocycles. The molecule has 0 aromatic heterocycles.